The molecule has 6 atom stereocenters. The summed E-state index contributed by atoms with van der Waals surface area (Å²) in [5, 5.41) is 9.25. The van der Waals surface area contributed by atoms with Gasteiger partial charge >= 0.3 is 5.97 Å². The number of nitrogens with zero attached hydrogens (tertiary/aromatic N) is 2. The van der Waals surface area contributed by atoms with Crippen molar-refractivity contribution in [3.8, 4) is 0 Å². The molecule has 1 N–H and O–H groups in total. The van der Waals surface area contributed by atoms with Crippen molar-refractivity contribution in [2.75, 3.05) is 31.2 Å². The second-order valence-corrected chi connectivity index (χ2v) is 11.3. The summed E-state index contributed by atoms with van der Waals surface area (Å²) in [5.41, 5.74) is 0.731. The molecular weight excluding hydrogens is 484 g/mol. The van der Waals surface area contributed by atoms with Crippen molar-refractivity contribution in [1.82, 2.24) is 4.90 Å². The van der Waals surface area contributed by atoms with Crippen LogP contribution in [0.1, 0.15) is 57.6 Å². The van der Waals surface area contributed by atoms with Crippen LogP contribution in [-0.4, -0.2) is 71.3 Å². The van der Waals surface area contributed by atoms with E-state index in [2.05, 4.69) is 6.58 Å². The van der Waals surface area contributed by atoms with Crippen LogP contribution in [0, 0.1) is 31.6 Å². The van der Waals surface area contributed by atoms with Crippen molar-refractivity contribution < 1.29 is 29.0 Å². The largest absolute Gasteiger partial charge is 0.466 e. The number of likely N-dealkylation sites (tertiary alicyclic amines) is 1. The smallest absolute Gasteiger partial charge is 0.312 e. The zero-order chi connectivity index (χ0) is 27.8. The molecule has 2 bridgehead atoms. The van der Waals surface area contributed by atoms with Crippen molar-refractivity contribution in [3.05, 3.63) is 42.0 Å². The fourth-order valence-electron chi connectivity index (χ4n) is 7.01. The number of esters is 1. The molecule has 3 fully saturated rings. The Morgan fingerprint density at radius 1 is 1.29 bits per heavy atom. The Morgan fingerprint density at radius 2 is 2.03 bits per heavy atom. The molecule has 3 heterocycles. The summed E-state index contributed by atoms with van der Waals surface area (Å²) in [5.74, 6) is -2.48. The first kappa shape index (κ1) is 28.3. The molecule has 0 aromatic heterocycles. The number of aliphatic hydroxyl groups excluding tert-OH is 1. The maximum atomic E-state index is 14.6. The first-order chi connectivity index (χ1) is 18.1. The summed E-state index contributed by atoms with van der Waals surface area (Å²) in [6.45, 7) is 14.4. The average Bonchev–Trinajstić information content (AvgIpc) is 3.38. The van der Waals surface area contributed by atoms with Crippen LogP contribution >= 0.6 is 0 Å². The SMILES string of the molecule is C=CCN(C(=O)C1N(CCCCCO)C(=O)[C@@H]2[C@@H](C(=O)OCC)[C@]3(C)OC12CC3C)c1cc(C)ccc1C. The zero-order valence-electron chi connectivity index (χ0n) is 23.4. The monoisotopic (exact) mass is 526 g/mol. The molecule has 3 unspecified atom stereocenters. The number of hydrogen-bond donors (Lipinski definition) is 1. The molecule has 1 aromatic carbocycles. The number of benzene rings is 1. The molecule has 0 saturated carbocycles. The number of carbonyl (C=O) groups excluding carboxylic acids is 3. The minimum Gasteiger partial charge on any atom is -0.466 e. The Hall–Kier alpha value is -2.71. The standard InChI is InChI=1S/C30H42N2O6/c1-7-14-31(22-17-19(3)12-13-20(22)4)27(35)25-30-18-21(5)29(6,38-30)24(28(36)37-8-2)23(30)26(34)32(25)15-10-9-11-16-33/h7,12-13,17,21,23-25,33H,1,8-11,14-16,18H2,2-6H3/t21?,23-,24-,25?,29+,30?/m0/s1. The van der Waals surface area contributed by atoms with Crippen LogP contribution in [0.25, 0.3) is 0 Å². The first-order valence-electron chi connectivity index (χ1n) is 13.8. The molecular formula is C30H42N2O6. The van der Waals surface area contributed by atoms with Gasteiger partial charge < -0.3 is 24.4 Å². The average molecular weight is 527 g/mol. The van der Waals surface area contributed by atoms with Gasteiger partial charge in [-0.3, -0.25) is 14.4 Å². The molecule has 0 radical (unpaired) electrons. The van der Waals surface area contributed by atoms with E-state index in [-0.39, 0.29) is 37.5 Å². The number of rotatable bonds is 11. The summed E-state index contributed by atoms with van der Waals surface area (Å²) in [6.07, 6.45) is 4.18. The number of aliphatic hydroxyl groups is 1. The van der Waals surface area contributed by atoms with Gasteiger partial charge in [0.05, 0.1) is 18.1 Å². The summed E-state index contributed by atoms with van der Waals surface area (Å²) >= 11 is 0. The molecule has 1 aromatic rings. The van der Waals surface area contributed by atoms with Gasteiger partial charge in [0.2, 0.25) is 5.91 Å². The summed E-state index contributed by atoms with van der Waals surface area (Å²) in [4.78, 5) is 45.4. The Labute approximate surface area is 226 Å². The highest BCUT2D eigenvalue weighted by molar-refractivity contribution is 6.05. The second-order valence-electron chi connectivity index (χ2n) is 11.3. The van der Waals surface area contributed by atoms with Crippen LogP contribution in [0.15, 0.2) is 30.9 Å². The van der Waals surface area contributed by atoms with E-state index in [4.69, 9.17) is 9.47 Å². The van der Waals surface area contributed by atoms with Gasteiger partial charge in [0, 0.05) is 25.4 Å². The minimum atomic E-state index is -1.12. The molecule has 8 nitrogen and oxygen atoms in total. The predicted molar refractivity (Wildman–Crippen MR) is 145 cm³/mol. The number of anilines is 1. The van der Waals surface area contributed by atoms with Crippen molar-refractivity contribution in [2.45, 2.75) is 77.5 Å². The molecule has 0 aliphatic carbocycles. The lowest BCUT2D eigenvalue weighted by Crippen LogP contribution is -2.57. The van der Waals surface area contributed by atoms with E-state index in [0.717, 1.165) is 23.2 Å². The molecule has 38 heavy (non-hydrogen) atoms. The van der Waals surface area contributed by atoms with Crippen LogP contribution < -0.4 is 4.90 Å². The molecule has 8 heteroatoms. The highest BCUT2D eigenvalue weighted by Crippen LogP contribution is 2.65. The van der Waals surface area contributed by atoms with Gasteiger partial charge in [-0.25, -0.2) is 0 Å². The van der Waals surface area contributed by atoms with E-state index >= 15 is 0 Å². The van der Waals surface area contributed by atoms with E-state index in [1.165, 1.54) is 0 Å². The lowest BCUT2D eigenvalue weighted by Gasteiger charge is -2.37. The van der Waals surface area contributed by atoms with E-state index in [1.807, 2.05) is 45.9 Å². The fourth-order valence-corrected chi connectivity index (χ4v) is 7.01. The minimum absolute atomic E-state index is 0.0424. The van der Waals surface area contributed by atoms with Gasteiger partial charge in [0.25, 0.3) is 5.91 Å². The summed E-state index contributed by atoms with van der Waals surface area (Å²) in [6, 6.07) is 5.09. The van der Waals surface area contributed by atoms with Gasteiger partial charge in [-0.15, -0.1) is 6.58 Å². The Kier molecular flexibility index (Phi) is 8.05. The van der Waals surface area contributed by atoms with E-state index < -0.39 is 35.0 Å². The Balaban J connectivity index is 1.82. The maximum Gasteiger partial charge on any atom is 0.312 e. The van der Waals surface area contributed by atoms with Crippen LogP contribution in [0.2, 0.25) is 0 Å². The second kappa shape index (κ2) is 10.8. The van der Waals surface area contributed by atoms with Crippen LogP contribution in [0.4, 0.5) is 5.69 Å². The van der Waals surface area contributed by atoms with Gasteiger partial charge in [-0.2, -0.15) is 0 Å². The summed E-state index contributed by atoms with van der Waals surface area (Å²) < 4.78 is 12.2. The normalized spacial score (nSPS) is 31.4. The van der Waals surface area contributed by atoms with E-state index in [0.29, 0.717) is 25.8 Å². The fraction of sp³-hybridized carbons (Fsp3) is 0.633. The van der Waals surface area contributed by atoms with Crippen molar-refractivity contribution in [1.29, 1.82) is 0 Å². The number of carbonyl (C=O) groups is 3. The molecule has 3 aliphatic heterocycles. The highest BCUT2D eigenvalue weighted by atomic mass is 16.6. The van der Waals surface area contributed by atoms with Crippen LogP contribution in [0.3, 0.4) is 0 Å². The van der Waals surface area contributed by atoms with E-state index in [1.54, 1.807) is 22.8 Å². The van der Waals surface area contributed by atoms with Crippen LogP contribution in [0.5, 0.6) is 0 Å². The van der Waals surface area contributed by atoms with Gasteiger partial charge in [0.15, 0.2) is 0 Å². The summed E-state index contributed by atoms with van der Waals surface area (Å²) in [7, 11) is 0. The number of ether oxygens (including phenoxy) is 2. The van der Waals surface area contributed by atoms with Gasteiger partial charge in [-0.1, -0.05) is 25.1 Å². The number of fused-ring (bicyclic) bond motifs is 1. The molecule has 208 valence electrons. The predicted octanol–water partition coefficient (Wildman–Crippen LogP) is 3.56. The highest BCUT2D eigenvalue weighted by Gasteiger charge is 2.80. The first-order valence-corrected chi connectivity index (χ1v) is 13.8. The van der Waals surface area contributed by atoms with Crippen molar-refractivity contribution in [2.24, 2.45) is 17.8 Å². The Bertz CT molecular complexity index is 1100. The van der Waals surface area contributed by atoms with Gasteiger partial charge in [-0.05, 0) is 76.5 Å². The van der Waals surface area contributed by atoms with Crippen molar-refractivity contribution in [3.63, 3.8) is 0 Å². The zero-order valence-corrected chi connectivity index (χ0v) is 23.4. The van der Waals surface area contributed by atoms with Crippen LogP contribution in [-0.2, 0) is 23.9 Å². The van der Waals surface area contributed by atoms with Gasteiger partial charge in [0.1, 0.15) is 17.6 Å². The molecule has 3 saturated heterocycles. The molecule has 2 amide bonds. The molecule has 3 aliphatic rings. The number of unbranched alkanes of at least 4 members (excludes halogenated alkanes) is 2. The molecule has 4 rings (SSSR count). The lowest BCUT2D eigenvalue weighted by atomic mass is 9.62. The lowest BCUT2D eigenvalue weighted by molar-refractivity contribution is -0.161. The quantitative estimate of drug-likeness (QED) is 0.269. The Morgan fingerprint density at radius 3 is 2.68 bits per heavy atom. The maximum absolute atomic E-state index is 14.6. The number of hydrogen-bond acceptors (Lipinski definition) is 6. The molecule has 1 spiro atoms. The number of amides is 2. The van der Waals surface area contributed by atoms with Crippen molar-refractivity contribution >= 4 is 23.5 Å². The van der Waals surface area contributed by atoms with E-state index in [9.17, 15) is 19.5 Å². The third-order valence-electron chi connectivity index (χ3n) is 8.88. The third kappa shape index (κ3) is 4.35. The third-order valence-corrected chi connectivity index (χ3v) is 8.88. The number of aryl methyl sites for hydroxylation is 2. The topological polar surface area (TPSA) is 96.4 Å².